The molecule has 1 aliphatic carbocycles. The molecule has 6 nitrogen and oxygen atoms in total. The monoisotopic (exact) mass is 312 g/mol. The molecule has 3 heterocycles. The SMILES string of the molecule is CCOC(=O)c1cc2c(o1)CC[C@]1(C2)C(=O)Nc2ncccc21. The van der Waals surface area contributed by atoms with Crippen LogP contribution in [-0.4, -0.2) is 23.5 Å². The molecule has 4 rings (SSSR count). The number of rotatable bonds is 2. The number of carbonyl (C=O) groups excluding carboxylic acids is 2. The lowest BCUT2D eigenvalue weighted by Crippen LogP contribution is -2.39. The minimum absolute atomic E-state index is 0.0317. The van der Waals surface area contributed by atoms with E-state index in [0.717, 1.165) is 16.9 Å². The molecule has 23 heavy (non-hydrogen) atoms. The third-order valence-electron chi connectivity index (χ3n) is 4.63. The molecule has 1 amide bonds. The fourth-order valence-electron chi connectivity index (χ4n) is 3.54. The van der Waals surface area contributed by atoms with Gasteiger partial charge < -0.3 is 14.5 Å². The Morgan fingerprint density at radius 3 is 3.22 bits per heavy atom. The Morgan fingerprint density at radius 1 is 1.52 bits per heavy atom. The molecule has 2 aromatic heterocycles. The normalized spacial score (nSPS) is 21.7. The predicted molar refractivity (Wildman–Crippen MR) is 81.2 cm³/mol. The Bertz CT molecular complexity index is 811. The van der Waals surface area contributed by atoms with Crippen molar-refractivity contribution < 1.29 is 18.7 Å². The zero-order valence-electron chi connectivity index (χ0n) is 12.7. The van der Waals surface area contributed by atoms with Crippen LogP contribution in [0, 0.1) is 0 Å². The van der Waals surface area contributed by atoms with Crippen molar-refractivity contribution in [2.24, 2.45) is 0 Å². The second-order valence-electron chi connectivity index (χ2n) is 5.89. The number of aryl methyl sites for hydroxylation is 1. The molecule has 0 unspecified atom stereocenters. The molecular weight excluding hydrogens is 296 g/mol. The van der Waals surface area contributed by atoms with Crippen LogP contribution < -0.4 is 5.32 Å². The second-order valence-corrected chi connectivity index (χ2v) is 5.89. The van der Waals surface area contributed by atoms with Crippen molar-refractivity contribution in [3.63, 3.8) is 0 Å². The third kappa shape index (κ3) is 1.98. The van der Waals surface area contributed by atoms with Gasteiger partial charge in [0.25, 0.3) is 0 Å². The summed E-state index contributed by atoms with van der Waals surface area (Å²) in [5.74, 6) is 1.11. The molecule has 2 aromatic rings. The quantitative estimate of drug-likeness (QED) is 0.860. The third-order valence-corrected chi connectivity index (χ3v) is 4.63. The second kappa shape index (κ2) is 4.94. The number of carbonyl (C=O) groups is 2. The Balaban J connectivity index is 1.72. The lowest BCUT2D eigenvalue weighted by Gasteiger charge is -2.30. The lowest BCUT2D eigenvalue weighted by molar-refractivity contribution is -0.121. The summed E-state index contributed by atoms with van der Waals surface area (Å²) in [6, 6.07) is 5.49. The maximum atomic E-state index is 12.6. The fraction of sp³-hybridized carbons (Fsp3) is 0.353. The molecule has 6 heteroatoms. The number of esters is 1. The topological polar surface area (TPSA) is 81.4 Å². The first kappa shape index (κ1) is 14.0. The summed E-state index contributed by atoms with van der Waals surface area (Å²) in [5, 5.41) is 2.87. The number of anilines is 1. The number of fused-ring (bicyclic) bond motifs is 3. The summed E-state index contributed by atoms with van der Waals surface area (Å²) in [7, 11) is 0. The smallest absolute Gasteiger partial charge is 0.374 e. The van der Waals surface area contributed by atoms with Crippen molar-refractivity contribution in [2.45, 2.75) is 31.6 Å². The van der Waals surface area contributed by atoms with Gasteiger partial charge in [-0.25, -0.2) is 9.78 Å². The number of hydrogen-bond acceptors (Lipinski definition) is 5. The van der Waals surface area contributed by atoms with Crippen molar-refractivity contribution in [2.75, 3.05) is 11.9 Å². The van der Waals surface area contributed by atoms with Gasteiger partial charge in [0.05, 0.1) is 12.0 Å². The molecule has 0 bridgehead atoms. The number of nitrogens with zero attached hydrogens (tertiary/aromatic N) is 1. The summed E-state index contributed by atoms with van der Waals surface area (Å²) >= 11 is 0. The van der Waals surface area contributed by atoms with Gasteiger partial charge in [0.15, 0.2) is 0 Å². The molecule has 0 aromatic carbocycles. The molecule has 0 radical (unpaired) electrons. The van der Waals surface area contributed by atoms with E-state index in [1.807, 2.05) is 12.1 Å². The largest absolute Gasteiger partial charge is 0.460 e. The van der Waals surface area contributed by atoms with Crippen LogP contribution in [0.5, 0.6) is 0 Å². The number of aromatic nitrogens is 1. The molecular formula is C17H16N2O4. The van der Waals surface area contributed by atoms with E-state index in [0.29, 0.717) is 31.7 Å². The van der Waals surface area contributed by atoms with Gasteiger partial charge in [-0.3, -0.25) is 4.79 Å². The highest BCUT2D eigenvalue weighted by atomic mass is 16.5. The first-order valence-electron chi connectivity index (χ1n) is 7.70. The van der Waals surface area contributed by atoms with E-state index in [9.17, 15) is 9.59 Å². The van der Waals surface area contributed by atoms with Crippen LogP contribution in [0.3, 0.4) is 0 Å². The number of hydrogen-bond donors (Lipinski definition) is 1. The Kier molecular flexibility index (Phi) is 3.01. The first-order valence-corrected chi connectivity index (χ1v) is 7.70. The minimum Gasteiger partial charge on any atom is -0.460 e. The average Bonchev–Trinajstić information content (AvgIpc) is 3.08. The van der Waals surface area contributed by atoms with Gasteiger partial charge in [-0.2, -0.15) is 0 Å². The summed E-state index contributed by atoms with van der Waals surface area (Å²) in [6.45, 7) is 2.05. The van der Waals surface area contributed by atoms with E-state index < -0.39 is 11.4 Å². The summed E-state index contributed by atoms with van der Waals surface area (Å²) in [6.07, 6.45) is 3.43. The maximum absolute atomic E-state index is 12.6. The molecule has 1 N–H and O–H groups in total. The van der Waals surface area contributed by atoms with Crippen LogP contribution in [0.25, 0.3) is 0 Å². The highest BCUT2D eigenvalue weighted by molar-refractivity contribution is 6.05. The molecule has 1 atom stereocenters. The van der Waals surface area contributed by atoms with Crippen LogP contribution in [-0.2, 0) is 27.8 Å². The van der Waals surface area contributed by atoms with Crippen molar-refractivity contribution >= 4 is 17.7 Å². The van der Waals surface area contributed by atoms with Crippen molar-refractivity contribution in [3.8, 4) is 0 Å². The number of nitrogens with one attached hydrogen (secondary N) is 1. The summed E-state index contributed by atoms with van der Waals surface area (Å²) < 4.78 is 10.6. The molecule has 0 saturated carbocycles. The molecule has 1 spiro atoms. The van der Waals surface area contributed by atoms with Gasteiger partial charge in [0.2, 0.25) is 11.7 Å². The van der Waals surface area contributed by atoms with Gasteiger partial charge in [0, 0.05) is 18.2 Å². The standard InChI is InChI=1S/C17H16N2O4/c1-2-22-15(20)13-8-10-9-17(6-5-12(10)23-13)11-4-3-7-18-14(11)19-16(17)21/h3-4,7-8H,2,5-6,9H2,1H3,(H,18,19,21)/t17-/m1/s1. The molecule has 0 fully saturated rings. The fourth-order valence-corrected chi connectivity index (χ4v) is 3.54. The zero-order valence-corrected chi connectivity index (χ0v) is 12.7. The van der Waals surface area contributed by atoms with E-state index in [4.69, 9.17) is 9.15 Å². The summed E-state index contributed by atoms with van der Waals surface area (Å²) in [4.78, 5) is 28.7. The van der Waals surface area contributed by atoms with Gasteiger partial charge in [-0.05, 0) is 37.5 Å². The Morgan fingerprint density at radius 2 is 2.39 bits per heavy atom. The van der Waals surface area contributed by atoms with Crippen LogP contribution in [0.15, 0.2) is 28.8 Å². The Labute approximate surface area is 132 Å². The molecule has 1 aliphatic heterocycles. The van der Waals surface area contributed by atoms with E-state index in [1.54, 1.807) is 19.2 Å². The van der Waals surface area contributed by atoms with Crippen molar-refractivity contribution in [3.05, 3.63) is 47.0 Å². The first-order chi connectivity index (χ1) is 11.1. The molecule has 0 saturated heterocycles. The Hall–Kier alpha value is -2.63. The van der Waals surface area contributed by atoms with Gasteiger partial charge in [-0.15, -0.1) is 0 Å². The van der Waals surface area contributed by atoms with E-state index in [-0.39, 0.29) is 11.7 Å². The van der Waals surface area contributed by atoms with E-state index in [1.165, 1.54) is 0 Å². The van der Waals surface area contributed by atoms with Crippen molar-refractivity contribution in [1.29, 1.82) is 0 Å². The number of amides is 1. The van der Waals surface area contributed by atoms with E-state index in [2.05, 4.69) is 10.3 Å². The summed E-state index contributed by atoms with van der Waals surface area (Å²) in [5.41, 5.74) is 1.20. The van der Waals surface area contributed by atoms with Gasteiger partial charge in [0.1, 0.15) is 11.6 Å². The maximum Gasteiger partial charge on any atom is 0.374 e. The minimum atomic E-state index is -0.619. The van der Waals surface area contributed by atoms with Crippen LogP contribution >= 0.6 is 0 Å². The molecule has 2 aliphatic rings. The highest BCUT2D eigenvalue weighted by Gasteiger charge is 2.50. The van der Waals surface area contributed by atoms with Gasteiger partial charge in [-0.1, -0.05) is 6.07 Å². The van der Waals surface area contributed by atoms with Crippen LogP contribution in [0.2, 0.25) is 0 Å². The van der Waals surface area contributed by atoms with Crippen LogP contribution in [0.4, 0.5) is 5.82 Å². The number of ether oxygens (including phenoxy) is 1. The van der Waals surface area contributed by atoms with Crippen LogP contribution in [0.1, 0.15) is 40.8 Å². The molecule has 118 valence electrons. The van der Waals surface area contributed by atoms with Crippen molar-refractivity contribution in [1.82, 2.24) is 4.98 Å². The number of furan rings is 1. The van der Waals surface area contributed by atoms with Gasteiger partial charge >= 0.3 is 5.97 Å². The number of pyridine rings is 1. The van der Waals surface area contributed by atoms with E-state index >= 15 is 0 Å². The average molecular weight is 312 g/mol. The highest BCUT2D eigenvalue weighted by Crippen LogP contribution is 2.46. The lowest BCUT2D eigenvalue weighted by atomic mass is 9.70. The zero-order chi connectivity index (χ0) is 16.0. The predicted octanol–water partition coefficient (Wildman–Crippen LogP) is 2.23.